The first-order valence-electron chi connectivity index (χ1n) is 4.94. The molecule has 2 N–H and O–H groups in total. The number of hydrogen-bond donors (Lipinski definition) is 2. The van der Waals surface area contributed by atoms with Crippen LogP contribution in [0.2, 0.25) is 0 Å². The zero-order valence-electron chi connectivity index (χ0n) is 9.19. The van der Waals surface area contributed by atoms with E-state index in [0.717, 1.165) is 17.1 Å². The van der Waals surface area contributed by atoms with Crippen molar-refractivity contribution in [2.45, 2.75) is 13.5 Å². The van der Waals surface area contributed by atoms with Crippen LogP contribution in [0.25, 0.3) is 0 Å². The van der Waals surface area contributed by atoms with Gasteiger partial charge in [0.05, 0.1) is 12.7 Å². The maximum atomic E-state index is 4.98. The first kappa shape index (κ1) is 10.4. The minimum atomic E-state index is 0.557. The predicted octanol–water partition coefficient (Wildman–Crippen LogP) is 1.43. The molecular weight excluding hydrogens is 206 g/mol. The van der Waals surface area contributed by atoms with Gasteiger partial charge in [0, 0.05) is 24.9 Å². The lowest BCUT2D eigenvalue weighted by atomic mass is 10.3. The fourth-order valence-electron chi connectivity index (χ4n) is 1.25. The third-order valence-electron chi connectivity index (χ3n) is 2.12. The molecular formula is C10H13N5O. The summed E-state index contributed by atoms with van der Waals surface area (Å²) in [4.78, 5) is 8.40. The van der Waals surface area contributed by atoms with Crippen LogP contribution < -0.4 is 10.6 Å². The van der Waals surface area contributed by atoms with Crippen LogP contribution in [0.1, 0.15) is 11.3 Å². The van der Waals surface area contributed by atoms with Crippen LogP contribution in [-0.2, 0) is 6.54 Å². The number of hydrogen-bond acceptors (Lipinski definition) is 6. The molecule has 0 aliphatic rings. The largest absolute Gasteiger partial charge is 0.362 e. The van der Waals surface area contributed by atoms with E-state index in [1.54, 1.807) is 19.4 Å². The van der Waals surface area contributed by atoms with E-state index in [1.165, 1.54) is 0 Å². The minimum absolute atomic E-state index is 0.557. The number of nitrogens with one attached hydrogen (secondary N) is 2. The third kappa shape index (κ3) is 2.28. The molecule has 0 saturated heterocycles. The topological polar surface area (TPSA) is 75.9 Å². The molecule has 16 heavy (non-hydrogen) atoms. The molecule has 0 aliphatic heterocycles. The Bertz CT molecular complexity index is 454. The van der Waals surface area contributed by atoms with Crippen LogP contribution in [0, 0.1) is 6.92 Å². The fraction of sp³-hybridized carbons (Fsp3) is 0.300. The summed E-state index contributed by atoms with van der Waals surface area (Å²) in [7, 11) is 1.78. The average molecular weight is 219 g/mol. The van der Waals surface area contributed by atoms with Crippen molar-refractivity contribution >= 4 is 11.8 Å². The van der Waals surface area contributed by atoms with E-state index in [9.17, 15) is 0 Å². The minimum Gasteiger partial charge on any atom is -0.362 e. The number of nitrogens with zero attached hydrogens (tertiary/aromatic N) is 3. The van der Waals surface area contributed by atoms with E-state index in [-0.39, 0.29) is 0 Å². The van der Waals surface area contributed by atoms with Crippen molar-refractivity contribution in [2.75, 3.05) is 17.7 Å². The molecule has 84 valence electrons. The lowest BCUT2D eigenvalue weighted by Gasteiger charge is -2.07. The van der Waals surface area contributed by atoms with Crippen molar-refractivity contribution in [1.82, 2.24) is 15.1 Å². The van der Waals surface area contributed by atoms with Gasteiger partial charge in [0.2, 0.25) is 5.95 Å². The molecule has 0 amide bonds. The van der Waals surface area contributed by atoms with Crippen molar-refractivity contribution < 1.29 is 4.52 Å². The maximum Gasteiger partial charge on any atom is 0.224 e. The maximum absolute atomic E-state index is 4.98. The summed E-state index contributed by atoms with van der Waals surface area (Å²) in [5, 5.41) is 9.69. The monoisotopic (exact) mass is 219 g/mol. The summed E-state index contributed by atoms with van der Waals surface area (Å²) in [5.41, 5.74) is 0.985. The van der Waals surface area contributed by atoms with E-state index in [2.05, 4.69) is 25.8 Å². The quantitative estimate of drug-likeness (QED) is 0.810. The molecule has 6 heteroatoms. The highest BCUT2D eigenvalue weighted by Gasteiger charge is 2.03. The average Bonchev–Trinajstić information content (AvgIpc) is 2.81. The highest BCUT2D eigenvalue weighted by Crippen LogP contribution is 2.13. The highest BCUT2D eigenvalue weighted by molar-refractivity contribution is 5.46. The molecule has 2 heterocycles. The lowest BCUT2D eigenvalue weighted by Crippen LogP contribution is -2.05. The van der Waals surface area contributed by atoms with E-state index >= 15 is 0 Å². The molecule has 2 rings (SSSR count). The number of aromatic nitrogens is 3. The Balaban J connectivity index is 2.08. The van der Waals surface area contributed by atoms with Gasteiger partial charge in [0.15, 0.2) is 5.76 Å². The smallest absolute Gasteiger partial charge is 0.224 e. The van der Waals surface area contributed by atoms with Crippen LogP contribution >= 0.6 is 0 Å². The Morgan fingerprint density at radius 3 is 3.00 bits per heavy atom. The van der Waals surface area contributed by atoms with Crippen LogP contribution in [0.15, 0.2) is 23.0 Å². The summed E-state index contributed by atoms with van der Waals surface area (Å²) in [6.45, 7) is 2.50. The summed E-state index contributed by atoms with van der Waals surface area (Å²) in [5.74, 6) is 2.14. The highest BCUT2D eigenvalue weighted by atomic mass is 16.5. The van der Waals surface area contributed by atoms with Crippen LogP contribution in [0.4, 0.5) is 11.8 Å². The SMILES string of the molecule is CNc1ncc(C)c(NCc2ccno2)n1. The van der Waals surface area contributed by atoms with Gasteiger partial charge in [0.1, 0.15) is 5.82 Å². The van der Waals surface area contributed by atoms with Crippen molar-refractivity contribution in [1.29, 1.82) is 0 Å². The van der Waals surface area contributed by atoms with Crippen LogP contribution in [0.5, 0.6) is 0 Å². The molecule has 0 saturated carbocycles. The van der Waals surface area contributed by atoms with Crippen molar-refractivity contribution in [3.05, 3.63) is 29.8 Å². The molecule has 6 nitrogen and oxygen atoms in total. The predicted molar refractivity (Wildman–Crippen MR) is 60.1 cm³/mol. The Morgan fingerprint density at radius 1 is 1.44 bits per heavy atom. The lowest BCUT2D eigenvalue weighted by molar-refractivity contribution is 0.388. The second kappa shape index (κ2) is 4.61. The van der Waals surface area contributed by atoms with E-state index in [4.69, 9.17) is 4.52 Å². The molecule has 0 spiro atoms. The molecule has 0 bridgehead atoms. The Hall–Kier alpha value is -2.11. The summed E-state index contributed by atoms with van der Waals surface area (Å²) < 4.78 is 4.98. The van der Waals surface area contributed by atoms with Gasteiger partial charge >= 0.3 is 0 Å². The third-order valence-corrected chi connectivity index (χ3v) is 2.12. The number of rotatable bonds is 4. The zero-order chi connectivity index (χ0) is 11.4. The fourth-order valence-corrected chi connectivity index (χ4v) is 1.25. The standard InChI is InChI=1S/C10H13N5O/c1-7-5-13-10(11-2)15-9(7)12-6-8-3-4-14-16-8/h3-5H,6H2,1-2H3,(H2,11,12,13,15). The van der Waals surface area contributed by atoms with Gasteiger partial charge in [-0.1, -0.05) is 5.16 Å². The molecule has 0 radical (unpaired) electrons. The van der Waals surface area contributed by atoms with Crippen molar-refractivity contribution in [3.8, 4) is 0 Å². The van der Waals surface area contributed by atoms with Crippen LogP contribution in [0.3, 0.4) is 0 Å². The van der Waals surface area contributed by atoms with Gasteiger partial charge in [-0.25, -0.2) is 4.98 Å². The molecule has 0 unspecified atom stereocenters. The summed E-state index contributed by atoms with van der Waals surface area (Å²) in [6.07, 6.45) is 3.38. The van der Waals surface area contributed by atoms with Crippen LogP contribution in [-0.4, -0.2) is 22.2 Å². The van der Waals surface area contributed by atoms with E-state index < -0.39 is 0 Å². The zero-order valence-corrected chi connectivity index (χ0v) is 9.19. The second-order valence-electron chi connectivity index (χ2n) is 3.31. The van der Waals surface area contributed by atoms with Gasteiger partial charge < -0.3 is 15.2 Å². The van der Waals surface area contributed by atoms with Gasteiger partial charge in [-0.2, -0.15) is 4.98 Å². The number of aryl methyl sites for hydroxylation is 1. The van der Waals surface area contributed by atoms with Gasteiger partial charge in [-0.15, -0.1) is 0 Å². The van der Waals surface area contributed by atoms with Crippen molar-refractivity contribution in [2.24, 2.45) is 0 Å². The molecule has 0 atom stereocenters. The van der Waals surface area contributed by atoms with E-state index in [1.807, 2.05) is 13.0 Å². The molecule has 2 aromatic rings. The summed E-state index contributed by atoms with van der Waals surface area (Å²) >= 11 is 0. The van der Waals surface area contributed by atoms with Gasteiger partial charge in [-0.3, -0.25) is 0 Å². The molecule has 0 aliphatic carbocycles. The normalized spacial score (nSPS) is 10.1. The second-order valence-corrected chi connectivity index (χ2v) is 3.31. The molecule has 0 aromatic carbocycles. The summed E-state index contributed by atoms with van der Waals surface area (Å²) in [6, 6.07) is 1.81. The number of anilines is 2. The first-order chi connectivity index (χ1) is 7.79. The van der Waals surface area contributed by atoms with Crippen molar-refractivity contribution in [3.63, 3.8) is 0 Å². The van der Waals surface area contributed by atoms with E-state index in [0.29, 0.717) is 12.5 Å². The van der Waals surface area contributed by atoms with Gasteiger partial charge in [0.25, 0.3) is 0 Å². The Morgan fingerprint density at radius 2 is 2.31 bits per heavy atom. The van der Waals surface area contributed by atoms with Gasteiger partial charge in [-0.05, 0) is 6.92 Å². The Kier molecular flexibility index (Phi) is 3.00. The molecule has 0 fully saturated rings. The Labute approximate surface area is 93.1 Å². The molecule has 2 aromatic heterocycles. The first-order valence-corrected chi connectivity index (χ1v) is 4.94.